The molecule has 1 fully saturated rings. The first kappa shape index (κ1) is 20.0. The Labute approximate surface area is 185 Å². The van der Waals surface area contributed by atoms with Gasteiger partial charge in [-0.15, -0.1) is 0 Å². The van der Waals surface area contributed by atoms with Crippen LogP contribution in [0.3, 0.4) is 0 Å². The molecule has 10 nitrogen and oxygen atoms in total. The SMILES string of the molecule is FC(F)(F)c1cccn2nc(C3c4nc[nH]c4CCN3c3nnc(N4CCOCC4)o3)cc12. The summed E-state index contributed by atoms with van der Waals surface area (Å²) in [5.74, 6) is 0. The number of nitrogens with one attached hydrogen (secondary N) is 1. The Bertz CT molecular complexity index is 1290. The Kier molecular flexibility index (Phi) is 4.54. The van der Waals surface area contributed by atoms with Gasteiger partial charge in [0.2, 0.25) is 0 Å². The van der Waals surface area contributed by atoms with Gasteiger partial charge in [0.15, 0.2) is 0 Å². The molecule has 0 radical (unpaired) electrons. The first-order valence-electron chi connectivity index (χ1n) is 10.5. The van der Waals surface area contributed by atoms with E-state index in [9.17, 15) is 13.2 Å². The van der Waals surface area contributed by atoms with Crippen molar-refractivity contribution in [3.8, 4) is 0 Å². The summed E-state index contributed by atoms with van der Waals surface area (Å²) in [4.78, 5) is 11.3. The average molecular weight is 460 g/mol. The van der Waals surface area contributed by atoms with Crippen LogP contribution in [-0.4, -0.2) is 62.6 Å². The van der Waals surface area contributed by atoms with E-state index < -0.39 is 17.8 Å². The summed E-state index contributed by atoms with van der Waals surface area (Å²) in [6.07, 6.45) is -0.785. The van der Waals surface area contributed by atoms with Crippen molar-refractivity contribution in [2.75, 3.05) is 42.6 Å². The number of imidazole rings is 1. The Hall–Kier alpha value is -3.61. The van der Waals surface area contributed by atoms with Crippen molar-refractivity contribution in [1.29, 1.82) is 0 Å². The number of aromatic nitrogens is 6. The van der Waals surface area contributed by atoms with Crippen LogP contribution >= 0.6 is 0 Å². The molecule has 0 saturated carbocycles. The van der Waals surface area contributed by atoms with Crippen LogP contribution < -0.4 is 9.80 Å². The summed E-state index contributed by atoms with van der Waals surface area (Å²) in [5.41, 5.74) is 1.20. The number of nitrogens with zero attached hydrogens (tertiary/aromatic N) is 7. The third kappa shape index (κ3) is 3.39. The molecule has 4 aromatic heterocycles. The summed E-state index contributed by atoms with van der Waals surface area (Å²) >= 11 is 0. The summed E-state index contributed by atoms with van der Waals surface area (Å²) in [6.45, 7) is 2.93. The van der Waals surface area contributed by atoms with Crippen molar-refractivity contribution >= 4 is 17.5 Å². The summed E-state index contributed by atoms with van der Waals surface area (Å²) in [6, 6.07) is 3.89. The molecule has 6 rings (SSSR count). The Balaban J connectivity index is 1.43. The van der Waals surface area contributed by atoms with Crippen LogP contribution in [0.15, 0.2) is 35.1 Å². The predicted molar refractivity (Wildman–Crippen MR) is 109 cm³/mol. The molecule has 0 amide bonds. The van der Waals surface area contributed by atoms with Gasteiger partial charge in [0.25, 0.3) is 0 Å². The first-order chi connectivity index (χ1) is 16.0. The largest absolute Gasteiger partial charge is 0.418 e. The van der Waals surface area contributed by atoms with Gasteiger partial charge in [-0.1, -0.05) is 10.2 Å². The summed E-state index contributed by atoms with van der Waals surface area (Å²) in [5, 5.41) is 12.9. The minimum absolute atomic E-state index is 0.0258. The predicted octanol–water partition coefficient (Wildman–Crippen LogP) is 2.45. The van der Waals surface area contributed by atoms with E-state index in [2.05, 4.69) is 25.3 Å². The van der Waals surface area contributed by atoms with Gasteiger partial charge < -0.3 is 23.9 Å². The molecule has 1 atom stereocenters. The van der Waals surface area contributed by atoms with Crippen LogP contribution in [0.2, 0.25) is 0 Å². The van der Waals surface area contributed by atoms with E-state index in [0.29, 0.717) is 56.7 Å². The number of H-pyrrole nitrogens is 1. The highest BCUT2D eigenvalue weighted by atomic mass is 19.4. The second-order valence-corrected chi connectivity index (χ2v) is 7.90. The number of hydrogen-bond donors (Lipinski definition) is 1. The lowest BCUT2D eigenvalue weighted by Crippen LogP contribution is -2.37. The normalized spacial score (nSPS) is 19.3. The molecule has 0 spiro atoms. The second-order valence-electron chi connectivity index (χ2n) is 7.90. The zero-order chi connectivity index (χ0) is 22.6. The third-order valence-corrected chi connectivity index (χ3v) is 5.96. The monoisotopic (exact) mass is 460 g/mol. The fourth-order valence-electron chi connectivity index (χ4n) is 4.40. The van der Waals surface area contributed by atoms with Gasteiger partial charge in [0, 0.05) is 37.9 Å². The van der Waals surface area contributed by atoms with Crippen LogP contribution in [0.4, 0.5) is 25.2 Å². The maximum absolute atomic E-state index is 13.6. The van der Waals surface area contributed by atoms with Crippen LogP contribution in [0.1, 0.15) is 28.7 Å². The molecule has 0 aromatic carbocycles. The standard InChI is InChI=1S/C20H19F3N8O2/c21-20(22,23)12-2-1-4-31-15(12)10-14(28-31)17-16-13(24-11-25-16)3-5-30(17)19-27-26-18(33-19)29-6-8-32-9-7-29/h1-2,4,10-11,17H,3,5-9H2,(H,24,25). The molecule has 4 aromatic rings. The molecule has 1 saturated heterocycles. The van der Waals surface area contributed by atoms with E-state index in [1.54, 1.807) is 6.33 Å². The van der Waals surface area contributed by atoms with Crippen LogP contribution in [0.25, 0.3) is 5.52 Å². The minimum Gasteiger partial charge on any atom is -0.389 e. The van der Waals surface area contributed by atoms with E-state index in [1.165, 1.54) is 22.8 Å². The number of hydrogen-bond acceptors (Lipinski definition) is 8. The molecule has 2 aliphatic heterocycles. The molecule has 172 valence electrons. The van der Waals surface area contributed by atoms with Gasteiger partial charge in [0.1, 0.15) is 6.04 Å². The van der Waals surface area contributed by atoms with E-state index in [0.717, 1.165) is 11.8 Å². The first-order valence-corrected chi connectivity index (χ1v) is 10.5. The quantitative estimate of drug-likeness (QED) is 0.498. The van der Waals surface area contributed by atoms with Crippen molar-refractivity contribution in [3.63, 3.8) is 0 Å². The van der Waals surface area contributed by atoms with E-state index in [1.807, 2.05) is 9.80 Å². The Morgan fingerprint density at radius 1 is 1.09 bits per heavy atom. The van der Waals surface area contributed by atoms with Gasteiger partial charge in [-0.2, -0.15) is 18.3 Å². The Morgan fingerprint density at radius 2 is 1.91 bits per heavy atom. The fraction of sp³-hybridized carbons (Fsp3) is 0.400. The van der Waals surface area contributed by atoms with Crippen molar-refractivity contribution < 1.29 is 22.3 Å². The highest BCUT2D eigenvalue weighted by Gasteiger charge is 2.38. The van der Waals surface area contributed by atoms with Crippen LogP contribution in [0.5, 0.6) is 0 Å². The number of aromatic amines is 1. The zero-order valence-corrected chi connectivity index (χ0v) is 17.3. The number of fused-ring (bicyclic) bond motifs is 2. The third-order valence-electron chi connectivity index (χ3n) is 5.96. The van der Waals surface area contributed by atoms with Gasteiger partial charge in [-0.3, -0.25) is 0 Å². The molecular formula is C20H19F3N8O2. The van der Waals surface area contributed by atoms with Gasteiger partial charge >= 0.3 is 18.2 Å². The van der Waals surface area contributed by atoms with Crippen molar-refractivity contribution in [2.24, 2.45) is 0 Å². The lowest BCUT2D eigenvalue weighted by Gasteiger charge is -2.32. The van der Waals surface area contributed by atoms with E-state index in [4.69, 9.17) is 9.15 Å². The molecular weight excluding hydrogens is 441 g/mol. The lowest BCUT2D eigenvalue weighted by atomic mass is 10.00. The molecule has 2 aliphatic rings. The minimum atomic E-state index is -4.50. The van der Waals surface area contributed by atoms with Crippen molar-refractivity contribution in [3.05, 3.63) is 53.4 Å². The number of halogens is 3. The van der Waals surface area contributed by atoms with Crippen molar-refractivity contribution in [2.45, 2.75) is 18.6 Å². The molecule has 0 aliphatic carbocycles. The lowest BCUT2D eigenvalue weighted by molar-refractivity contribution is -0.136. The number of ether oxygens (including phenoxy) is 1. The molecule has 0 bridgehead atoms. The fourth-order valence-corrected chi connectivity index (χ4v) is 4.40. The van der Waals surface area contributed by atoms with Crippen LogP contribution in [-0.2, 0) is 17.3 Å². The molecule has 13 heteroatoms. The molecule has 1 N–H and O–H groups in total. The van der Waals surface area contributed by atoms with Gasteiger partial charge in [-0.25, -0.2) is 9.50 Å². The van der Waals surface area contributed by atoms with Crippen molar-refractivity contribution in [1.82, 2.24) is 29.8 Å². The Morgan fingerprint density at radius 3 is 2.73 bits per heavy atom. The maximum Gasteiger partial charge on any atom is 0.418 e. The number of rotatable bonds is 3. The maximum atomic E-state index is 13.6. The van der Waals surface area contributed by atoms with Gasteiger partial charge in [0.05, 0.1) is 42.0 Å². The number of morpholine rings is 1. The number of pyridine rings is 1. The van der Waals surface area contributed by atoms with E-state index >= 15 is 0 Å². The summed E-state index contributed by atoms with van der Waals surface area (Å²) < 4.78 is 53.3. The molecule has 33 heavy (non-hydrogen) atoms. The number of alkyl halides is 3. The second kappa shape index (κ2) is 7.47. The van der Waals surface area contributed by atoms with E-state index in [-0.39, 0.29) is 11.5 Å². The van der Waals surface area contributed by atoms with Crippen LogP contribution in [0, 0.1) is 0 Å². The smallest absolute Gasteiger partial charge is 0.389 e. The molecule has 6 heterocycles. The molecule has 1 unspecified atom stereocenters. The highest BCUT2D eigenvalue weighted by molar-refractivity contribution is 5.58. The highest BCUT2D eigenvalue weighted by Crippen LogP contribution is 2.39. The number of anilines is 2. The van der Waals surface area contributed by atoms with Gasteiger partial charge in [-0.05, 0) is 18.2 Å². The topological polar surface area (TPSA) is 101 Å². The summed E-state index contributed by atoms with van der Waals surface area (Å²) in [7, 11) is 0. The zero-order valence-electron chi connectivity index (χ0n) is 17.3. The average Bonchev–Trinajstić information content (AvgIpc) is 3.56.